The van der Waals surface area contributed by atoms with Gasteiger partial charge in [-0.25, -0.2) is 0 Å². The van der Waals surface area contributed by atoms with Gasteiger partial charge >= 0.3 is 5.97 Å². The molecule has 0 radical (unpaired) electrons. The molecule has 1 atom stereocenters. The third kappa shape index (κ3) is 4.98. The van der Waals surface area contributed by atoms with Crippen molar-refractivity contribution < 1.29 is 14.6 Å². The van der Waals surface area contributed by atoms with Gasteiger partial charge in [-0.15, -0.1) is 11.8 Å². The first-order chi connectivity index (χ1) is 16.2. The Morgan fingerprint density at radius 1 is 1.03 bits per heavy atom. The lowest BCUT2D eigenvalue weighted by Crippen LogP contribution is -2.05. The lowest BCUT2D eigenvalue weighted by molar-refractivity contribution is -0.136. The predicted octanol–water partition coefficient (Wildman–Crippen LogP) is 6.32. The molecule has 1 aromatic heterocycles. The Balaban J connectivity index is 1.45. The van der Waals surface area contributed by atoms with Gasteiger partial charge in [0.05, 0.1) is 17.4 Å². The van der Waals surface area contributed by atoms with Crippen molar-refractivity contribution in [3.63, 3.8) is 0 Å². The number of carboxylic acid groups (broad SMARTS) is 1. The summed E-state index contributed by atoms with van der Waals surface area (Å²) in [5.41, 5.74) is 8.14. The van der Waals surface area contributed by atoms with Crippen LogP contribution in [0.5, 0.6) is 5.75 Å². The van der Waals surface area contributed by atoms with Crippen molar-refractivity contribution in [1.29, 1.82) is 0 Å². The van der Waals surface area contributed by atoms with Crippen LogP contribution < -0.4 is 4.74 Å². The Labute approximate surface area is 198 Å². The fourth-order valence-corrected chi connectivity index (χ4v) is 5.87. The van der Waals surface area contributed by atoms with Gasteiger partial charge in [0, 0.05) is 17.0 Å². The van der Waals surface area contributed by atoms with Gasteiger partial charge in [0.2, 0.25) is 0 Å². The van der Waals surface area contributed by atoms with Gasteiger partial charge in [-0.3, -0.25) is 9.78 Å². The van der Waals surface area contributed by atoms with Crippen LogP contribution in [0.3, 0.4) is 0 Å². The highest BCUT2D eigenvalue weighted by Crippen LogP contribution is 2.44. The molecule has 0 spiro atoms. The molecule has 2 heterocycles. The molecular weight excluding hydrogens is 430 g/mol. The first-order valence-electron chi connectivity index (χ1n) is 11.5. The Bertz CT molecular complexity index is 1200. The van der Waals surface area contributed by atoms with Gasteiger partial charge in [0.1, 0.15) is 12.4 Å². The van der Waals surface area contributed by atoms with E-state index in [1.807, 2.05) is 18.2 Å². The highest BCUT2D eigenvalue weighted by atomic mass is 32.2. The standard InChI is InChI=1S/C28H27NO3S/c30-27(31)15-16-33-28-23-7-3-1-6-21(23)18-32-26-14-10-19(17-24(26)28)9-12-22-13-11-20-5-2-4-8-25(20)29-22/h1,3,6-7,9-14,17,28H,2,4-5,8,15-16,18H2,(H,30,31)/b12-9+. The molecule has 0 saturated carbocycles. The van der Waals surface area contributed by atoms with Crippen molar-refractivity contribution in [2.24, 2.45) is 0 Å². The molecule has 1 N–H and O–H groups in total. The molecule has 3 aromatic rings. The highest BCUT2D eigenvalue weighted by Gasteiger charge is 2.25. The maximum Gasteiger partial charge on any atom is 0.304 e. The van der Waals surface area contributed by atoms with Crippen molar-refractivity contribution in [3.8, 4) is 5.75 Å². The van der Waals surface area contributed by atoms with E-state index in [0.29, 0.717) is 12.4 Å². The Kier molecular flexibility index (Phi) is 6.49. The summed E-state index contributed by atoms with van der Waals surface area (Å²) in [4.78, 5) is 16.0. The van der Waals surface area contributed by atoms with Crippen molar-refractivity contribution in [2.75, 3.05) is 5.75 Å². The van der Waals surface area contributed by atoms with Crippen LogP contribution in [0, 0.1) is 0 Å². The number of pyridine rings is 1. The van der Waals surface area contributed by atoms with E-state index in [-0.39, 0.29) is 11.7 Å². The molecule has 168 valence electrons. The molecule has 0 saturated heterocycles. The SMILES string of the molecule is O=C(O)CCSC1c2ccccc2COc2ccc(/C=C/c3ccc4c(n3)CCCC4)cc21. The van der Waals surface area contributed by atoms with Crippen LogP contribution in [-0.2, 0) is 24.2 Å². The summed E-state index contributed by atoms with van der Waals surface area (Å²) >= 11 is 1.67. The van der Waals surface area contributed by atoms with Crippen LogP contribution in [0.2, 0.25) is 0 Å². The fourth-order valence-electron chi connectivity index (χ4n) is 4.57. The van der Waals surface area contributed by atoms with E-state index in [2.05, 4.69) is 48.6 Å². The minimum atomic E-state index is -0.768. The summed E-state index contributed by atoms with van der Waals surface area (Å²) in [5.74, 6) is 0.644. The summed E-state index contributed by atoms with van der Waals surface area (Å²) in [6.07, 6.45) is 9.02. The lowest BCUT2D eigenvalue weighted by atomic mass is 9.96. The van der Waals surface area contributed by atoms with Crippen LogP contribution in [0.4, 0.5) is 0 Å². The summed E-state index contributed by atoms with van der Waals surface area (Å²) in [7, 11) is 0. The Morgan fingerprint density at radius 2 is 1.91 bits per heavy atom. The van der Waals surface area contributed by atoms with Crippen LogP contribution in [0.25, 0.3) is 12.2 Å². The van der Waals surface area contributed by atoms with E-state index in [4.69, 9.17) is 14.8 Å². The number of rotatable bonds is 6. The number of aryl methyl sites for hydroxylation is 2. The molecule has 5 rings (SSSR count). The number of fused-ring (bicyclic) bond motifs is 3. The summed E-state index contributed by atoms with van der Waals surface area (Å²) < 4.78 is 6.15. The molecule has 0 amide bonds. The largest absolute Gasteiger partial charge is 0.489 e. The van der Waals surface area contributed by atoms with Gasteiger partial charge in [-0.1, -0.05) is 42.5 Å². The van der Waals surface area contributed by atoms with Crippen molar-refractivity contribution in [1.82, 2.24) is 4.98 Å². The zero-order valence-electron chi connectivity index (χ0n) is 18.5. The topological polar surface area (TPSA) is 59.4 Å². The lowest BCUT2D eigenvalue weighted by Gasteiger charge is -2.19. The van der Waals surface area contributed by atoms with Crippen LogP contribution in [-0.4, -0.2) is 21.8 Å². The first-order valence-corrected chi connectivity index (χ1v) is 12.6. The third-order valence-corrected chi connectivity index (χ3v) is 7.56. The third-order valence-electron chi connectivity index (χ3n) is 6.28. The van der Waals surface area contributed by atoms with E-state index in [9.17, 15) is 4.79 Å². The predicted molar refractivity (Wildman–Crippen MR) is 134 cm³/mol. The molecule has 4 nitrogen and oxygen atoms in total. The molecule has 33 heavy (non-hydrogen) atoms. The highest BCUT2D eigenvalue weighted by molar-refractivity contribution is 7.99. The maximum absolute atomic E-state index is 11.1. The second-order valence-corrected chi connectivity index (χ2v) is 9.77. The number of aliphatic carboxylic acids is 1. The molecule has 1 unspecified atom stereocenters. The van der Waals surface area contributed by atoms with Gasteiger partial charge in [0.25, 0.3) is 0 Å². The van der Waals surface area contributed by atoms with Crippen LogP contribution in [0.1, 0.15) is 63.7 Å². The maximum atomic E-state index is 11.1. The fraction of sp³-hybridized carbons (Fsp3) is 0.286. The normalized spacial score (nSPS) is 16.9. The van der Waals surface area contributed by atoms with Crippen molar-refractivity contribution in [3.05, 3.63) is 93.8 Å². The quantitative estimate of drug-likeness (QED) is 0.469. The second kappa shape index (κ2) is 9.84. The first kappa shape index (κ1) is 21.8. The van der Waals surface area contributed by atoms with Gasteiger partial charge in [0.15, 0.2) is 0 Å². The van der Waals surface area contributed by atoms with E-state index in [0.717, 1.165) is 41.0 Å². The minimum Gasteiger partial charge on any atom is -0.489 e. The summed E-state index contributed by atoms with van der Waals surface area (Å²) in [5, 5.41) is 9.17. The number of hydrogen-bond acceptors (Lipinski definition) is 4. The Hall–Kier alpha value is -3.05. The number of carboxylic acids is 1. The Morgan fingerprint density at radius 3 is 2.82 bits per heavy atom. The monoisotopic (exact) mass is 457 g/mol. The van der Waals surface area contributed by atoms with Gasteiger partial charge < -0.3 is 9.84 Å². The average molecular weight is 458 g/mol. The van der Waals surface area contributed by atoms with Crippen LogP contribution in [0.15, 0.2) is 54.6 Å². The van der Waals surface area contributed by atoms with Crippen molar-refractivity contribution in [2.45, 2.75) is 44.0 Å². The zero-order chi connectivity index (χ0) is 22.6. The van der Waals surface area contributed by atoms with E-state index >= 15 is 0 Å². The molecule has 0 fully saturated rings. The molecule has 2 aromatic carbocycles. The van der Waals surface area contributed by atoms with Crippen molar-refractivity contribution >= 4 is 29.9 Å². The minimum absolute atomic E-state index is 0.0354. The van der Waals surface area contributed by atoms with E-state index in [1.54, 1.807) is 11.8 Å². The van der Waals surface area contributed by atoms with Gasteiger partial charge in [-0.2, -0.15) is 0 Å². The summed E-state index contributed by atoms with van der Waals surface area (Å²) in [6.45, 7) is 0.521. The molecular formula is C28H27NO3S. The average Bonchev–Trinajstić information content (AvgIpc) is 2.99. The van der Waals surface area contributed by atoms with E-state index < -0.39 is 5.97 Å². The number of nitrogens with zero attached hydrogens (tertiary/aromatic N) is 1. The van der Waals surface area contributed by atoms with E-state index in [1.165, 1.54) is 29.7 Å². The smallest absolute Gasteiger partial charge is 0.304 e. The molecule has 2 aliphatic rings. The number of carbonyl (C=O) groups is 1. The summed E-state index contributed by atoms with van der Waals surface area (Å²) in [6, 6.07) is 18.9. The number of benzene rings is 2. The van der Waals surface area contributed by atoms with Gasteiger partial charge in [-0.05, 0) is 72.2 Å². The number of aromatic nitrogens is 1. The molecule has 1 aliphatic carbocycles. The number of hydrogen-bond donors (Lipinski definition) is 1. The number of ether oxygens (including phenoxy) is 1. The van der Waals surface area contributed by atoms with Crippen LogP contribution >= 0.6 is 11.8 Å². The number of thioether (sulfide) groups is 1. The second-order valence-electron chi connectivity index (χ2n) is 8.56. The molecule has 5 heteroatoms. The molecule has 0 bridgehead atoms. The zero-order valence-corrected chi connectivity index (χ0v) is 19.3. The molecule has 1 aliphatic heterocycles.